The second kappa shape index (κ2) is 7.58. The molecule has 4 nitrogen and oxygen atoms in total. The quantitative estimate of drug-likeness (QED) is 0.726. The predicted molar refractivity (Wildman–Crippen MR) is 99.7 cm³/mol. The largest absolute Gasteiger partial charge is 1.00 e. The summed E-state index contributed by atoms with van der Waals surface area (Å²) in [6.07, 6.45) is 2.20. The van der Waals surface area contributed by atoms with E-state index >= 15 is 0 Å². The molecule has 0 atom stereocenters. The smallest absolute Gasteiger partial charge is 0.244 e. The maximum atomic E-state index is 2.30. The molecule has 2 aromatic carbocycles. The van der Waals surface area contributed by atoms with Crippen LogP contribution in [0, 0.1) is 0 Å². The molecule has 1 aliphatic rings. The summed E-state index contributed by atoms with van der Waals surface area (Å²) in [4.78, 5) is 6.55. The molecule has 0 spiro atoms. The van der Waals surface area contributed by atoms with Gasteiger partial charge in [-0.05, 0) is 48.5 Å². The van der Waals surface area contributed by atoms with Crippen molar-refractivity contribution in [2.45, 2.75) is 0 Å². The monoisotopic (exact) mass is 344 g/mol. The minimum absolute atomic E-state index is 0. The lowest BCUT2D eigenvalue weighted by Gasteiger charge is -2.13. The Kier molecular flexibility index (Phi) is 5.73. The standard InChI is InChI=1S/C19H25N4.ClH/c1-20(2)16-5-9-18(10-6-16)22-13-14-23(15-22)19-11-7-17(8-12-19)21(3)4;/h5-12,15H,13-14H2,1-4H3;1H/q+1;/p-1. The van der Waals surface area contributed by atoms with Crippen molar-refractivity contribution in [3.05, 3.63) is 48.5 Å². The van der Waals surface area contributed by atoms with Crippen molar-refractivity contribution in [2.24, 2.45) is 0 Å². The van der Waals surface area contributed by atoms with Crippen LogP contribution >= 0.6 is 0 Å². The van der Waals surface area contributed by atoms with Crippen LogP contribution in [0.25, 0.3) is 0 Å². The third kappa shape index (κ3) is 3.82. The van der Waals surface area contributed by atoms with E-state index in [2.05, 4.69) is 102 Å². The molecule has 0 N–H and O–H groups in total. The fourth-order valence-electron chi connectivity index (χ4n) is 2.78. The van der Waals surface area contributed by atoms with Gasteiger partial charge in [0, 0.05) is 39.6 Å². The van der Waals surface area contributed by atoms with Crippen LogP contribution in [0.15, 0.2) is 48.5 Å². The molecule has 0 amide bonds. The van der Waals surface area contributed by atoms with Gasteiger partial charge in [-0.15, -0.1) is 0 Å². The molecule has 0 saturated heterocycles. The van der Waals surface area contributed by atoms with Gasteiger partial charge in [-0.1, -0.05) is 0 Å². The van der Waals surface area contributed by atoms with Crippen molar-refractivity contribution in [3.8, 4) is 0 Å². The van der Waals surface area contributed by atoms with Crippen LogP contribution in [0.5, 0.6) is 0 Å². The first-order valence-electron chi connectivity index (χ1n) is 7.97. The van der Waals surface area contributed by atoms with Crippen molar-refractivity contribution in [2.75, 3.05) is 56.0 Å². The molecule has 0 saturated carbocycles. The number of anilines is 3. The van der Waals surface area contributed by atoms with Gasteiger partial charge in [0.15, 0.2) is 0 Å². The van der Waals surface area contributed by atoms with Crippen LogP contribution in [0.1, 0.15) is 0 Å². The summed E-state index contributed by atoms with van der Waals surface area (Å²) in [5.74, 6) is 0. The van der Waals surface area contributed by atoms with E-state index in [-0.39, 0.29) is 12.4 Å². The van der Waals surface area contributed by atoms with Crippen LogP contribution in [-0.2, 0) is 0 Å². The second-order valence-corrected chi connectivity index (χ2v) is 6.32. The number of hydrogen-bond donors (Lipinski definition) is 0. The number of nitrogens with zero attached hydrogens (tertiary/aromatic N) is 4. The molecule has 0 bridgehead atoms. The molecule has 1 aliphatic heterocycles. The molecule has 0 aromatic heterocycles. The minimum Gasteiger partial charge on any atom is -1.00 e. The Labute approximate surface area is 151 Å². The van der Waals surface area contributed by atoms with Gasteiger partial charge in [-0.3, -0.25) is 0 Å². The Morgan fingerprint density at radius 3 is 1.79 bits per heavy atom. The van der Waals surface area contributed by atoms with Gasteiger partial charge in [0.05, 0.1) is 0 Å². The van der Waals surface area contributed by atoms with Crippen molar-refractivity contribution in [1.82, 2.24) is 0 Å². The Morgan fingerprint density at radius 2 is 1.29 bits per heavy atom. The zero-order valence-corrected chi connectivity index (χ0v) is 15.5. The molecule has 0 fully saturated rings. The number of halogens is 1. The first kappa shape index (κ1) is 18.1. The van der Waals surface area contributed by atoms with Gasteiger partial charge in [0.1, 0.15) is 24.5 Å². The Bertz CT molecular complexity index is 690. The predicted octanol–water partition coefficient (Wildman–Crippen LogP) is 0.0151. The van der Waals surface area contributed by atoms with Crippen molar-refractivity contribution < 1.29 is 17.0 Å². The summed E-state index contributed by atoms with van der Waals surface area (Å²) in [7, 11) is 8.26. The highest BCUT2D eigenvalue weighted by Crippen LogP contribution is 2.23. The van der Waals surface area contributed by atoms with E-state index in [4.69, 9.17) is 0 Å². The van der Waals surface area contributed by atoms with Crippen LogP contribution in [0.3, 0.4) is 0 Å². The topological polar surface area (TPSA) is 12.7 Å². The molecule has 1 heterocycles. The van der Waals surface area contributed by atoms with Gasteiger partial charge >= 0.3 is 0 Å². The minimum atomic E-state index is 0. The Hall–Kier alpha value is -2.20. The van der Waals surface area contributed by atoms with Gasteiger partial charge in [-0.25, -0.2) is 9.48 Å². The van der Waals surface area contributed by atoms with E-state index in [1.54, 1.807) is 0 Å². The van der Waals surface area contributed by atoms with Gasteiger partial charge < -0.3 is 22.2 Å². The third-order valence-corrected chi connectivity index (χ3v) is 4.26. The maximum Gasteiger partial charge on any atom is 0.244 e. The van der Waals surface area contributed by atoms with E-state index in [9.17, 15) is 0 Å². The van der Waals surface area contributed by atoms with Crippen LogP contribution in [-0.4, -0.2) is 52.2 Å². The molecule has 128 valence electrons. The van der Waals surface area contributed by atoms with Gasteiger partial charge in [0.2, 0.25) is 6.34 Å². The zero-order valence-electron chi connectivity index (χ0n) is 14.8. The number of hydrogen-bond acceptors (Lipinski definition) is 3. The molecule has 2 aromatic rings. The highest BCUT2D eigenvalue weighted by molar-refractivity contribution is 5.78. The van der Waals surface area contributed by atoms with Crippen LogP contribution < -0.4 is 27.1 Å². The van der Waals surface area contributed by atoms with Gasteiger partial charge in [0.25, 0.3) is 0 Å². The lowest BCUT2D eigenvalue weighted by molar-refractivity contribution is -0.424. The van der Waals surface area contributed by atoms with E-state index in [1.165, 1.54) is 22.7 Å². The third-order valence-electron chi connectivity index (χ3n) is 4.26. The summed E-state index contributed by atoms with van der Waals surface area (Å²) in [6.45, 7) is 2.02. The molecule has 0 unspecified atom stereocenters. The summed E-state index contributed by atoms with van der Waals surface area (Å²) >= 11 is 0. The van der Waals surface area contributed by atoms with E-state index in [0.717, 1.165) is 13.1 Å². The van der Waals surface area contributed by atoms with Crippen molar-refractivity contribution in [1.29, 1.82) is 0 Å². The highest BCUT2D eigenvalue weighted by Gasteiger charge is 2.22. The number of rotatable bonds is 4. The van der Waals surface area contributed by atoms with Gasteiger partial charge in [-0.2, -0.15) is 0 Å². The molecule has 24 heavy (non-hydrogen) atoms. The molecule has 0 radical (unpaired) electrons. The molecular formula is C19H25ClN4. The molecule has 5 heteroatoms. The first-order valence-corrected chi connectivity index (χ1v) is 7.97. The fraction of sp³-hybridized carbons (Fsp3) is 0.316. The van der Waals surface area contributed by atoms with E-state index in [1.807, 2.05) is 0 Å². The second-order valence-electron chi connectivity index (χ2n) is 6.32. The molecule has 0 aliphatic carbocycles. The fourth-order valence-corrected chi connectivity index (χ4v) is 2.78. The normalized spacial score (nSPS) is 13.3. The maximum absolute atomic E-state index is 2.30. The van der Waals surface area contributed by atoms with Crippen LogP contribution in [0.4, 0.5) is 22.7 Å². The van der Waals surface area contributed by atoms with Crippen molar-refractivity contribution >= 4 is 29.1 Å². The SMILES string of the molecule is CN(C)c1ccc(N2C=[N+](c3ccc(N(C)C)cc3)CC2)cc1.[Cl-]. The first-order chi connectivity index (χ1) is 11.0. The summed E-state index contributed by atoms with van der Waals surface area (Å²) in [5, 5.41) is 0. The average Bonchev–Trinajstić information content (AvgIpc) is 3.05. The average molecular weight is 345 g/mol. The van der Waals surface area contributed by atoms with E-state index < -0.39 is 0 Å². The summed E-state index contributed by atoms with van der Waals surface area (Å²) in [5.41, 5.74) is 4.93. The molecular weight excluding hydrogens is 320 g/mol. The summed E-state index contributed by atoms with van der Waals surface area (Å²) in [6, 6.07) is 17.4. The number of benzene rings is 2. The lowest BCUT2D eigenvalue weighted by Crippen LogP contribution is -3.00. The van der Waals surface area contributed by atoms with Crippen molar-refractivity contribution in [3.63, 3.8) is 0 Å². The highest BCUT2D eigenvalue weighted by atomic mass is 35.5. The Balaban J connectivity index is 0.00000208. The van der Waals surface area contributed by atoms with E-state index in [0.29, 0.717) is 0 Å². The lowest BCUT2D eigenvalue weighted by atomic mass is 10.2. The summed E-state index contributed by atoms with van der Waals surface area (Å²) < 4.78 is 2.30. The molecule has 3 rings (SSSR count). The van der Waals surface area contributed by atoms with Crippen LogP contribution in [0.2, 0.25) is 0 Å². The zero-order chi connectivity index (χ0) is 16.4. The Morgan fingerprint density at radius 1 is 0.792 bits per heavy atom.